The number of amides is 1. The standard InChI is InChI=1S/C8H10N2O2/c1-5-2-3-7(6(9)4-5)10-8(11)12/h2-4,10H,9H2,1H3,(H,11,12). The van der Waals surface area contributed by atoms with Crippen molar-refractivity contribution >= 4 is 17.5 Å². The predicted octanol–water partition coefficient (Wildman–Crippen LogP) is 1.67. The van der Waals surface area contributed by atoms with Gasteiger partial charge in [-0.3, -0.25) is 5.32 Å². The third-order valence-electron chi connectivity index (χ3n) is 1.45. The highest BCUT2D eigenvalue weighted by molar-refractivity contribution is 5.87. The topological polar surface area (TPSA) is 75.3 Å². The van der Waals surface area contributed by atoms with Gasteiger partial charge in [-0.2, -0.15) is 0 Å². The minimum atomic E-state index is -1.11. The van der Waals surface area contributed by atoms with Gasteiger partial charge >= 0.3 is 6.09 Å². The molecule has 0 aliphatic heterocycles. The first-order valence-electron chi connectivity index (χ1n) is 3.45. The van der Waals surface area contributed by atoms with Crippen molar-refractivity contribution in [3.63, 3.8) is 0 Å². The molecule has 0 saturated heterocycles. The average Bonchev–Trinajstić information content (AvgIpc) is 1.94. The van der Waals surface area contributed by atoms with Crippen molar-refractivity contribution in [3.8, 4) is 0 Å². The molecule has 0 aromatic heterocycles. The number of rotatable bonds is 1. The van der Waals surface area contributed by atoms with E-state index >= 15 is 0 Å². The fourth-order valence-electron chi connectivity index (χ4n) is 0.911. The fourth-order valence-corrected chi connectivity index (χ4v) is 0.911. The van der Waals surface area contributed by atoms with Gasteiger partial charge in [0.15, 0.2) is 0 Å². The van der Waals surface area contributed by atoms with Crippen LogP contribution in [-0.4, -0.2) is 11.2 Å². The largest absolute Gasteiger partial charge is 0.465 e. The molecule has 0 fully saturated rings. The second-order valence-electron chi connectivity index (χ2n) is 2.52. The van der Waals surface area contributed by atoms with Gasteiger partial charge in [0.1, 0.15) is 0 Å². The van der Waals surface area contributed by atoms with Crippen LogP contribution in [0.2, 0.25) is 0 Å². The Balaban J connectivity index is 2.93. The first kappa shape index (κ1) is 8.39. The molecule has 1 rings (SSSR count). The zero-order chi connectivity index (χ0) is 9.14. The Morgan fingerprint density at radius 2 is 2.25 bits per heavy atom. The molecule has 0 unspecified atom stereocenters. The minimum absolute atomic E-state index is 0.424. The van der Waals surface area contributed by atoms with Crippen LogP contribution in [-0.2, 0) is 0 Å². The van der Waals surface area contributed by atoms with Crippen molar-refractivity contribution < 1.29 is 9.90 Å². The van der Waals surface area contributed by atoms with Crippen LogP contribution in [0.3, 0.4) is 0 Å². The maximum atomic E-state index is 10.2. The SMILES string of the molecule is Cc1ccc(NC(=O)O)c(N)c1. The smallest absolute Gasteiger partial charge is 0.409 e. The van der Waals surface area contributed by atoms with E-state index in [1.807, 2.05) is 6.92 Å². The van der Waals surface area contributed by atoms with Crippen molar-refractivity contribution in [1.29, 1.82) is 0 Å². The molecule has 0 aliphatic rings. The molecule has 0 spiro atoms. The summed E-state index contributed by atoms with van der Waals surface area (Å²) in [6.45, 7) is 1.89. The summed E-state index contributed by atoms with van der Waals surface area (Å²) < 4.78 is 0. The van der Waals surface area contributed by atoms with Crippen molar-refractivity contribution in [2.75, 3.05) is 11.1 Å². The number of anilines is 2. The Morgan fingerprint density at radius 3 is 2.75 bits per heavy atom. The van der Waals surface area contributed by atoms with Crippen LogP contribution in [0, 0.1) is 6.92 Å². The van der Waals surface area contributed by atoms with E-state index in [1.165, 1.54) is 0 Å². The van der Waals surface area contributed by atoms with Gasteiger partial charge in [-0.1, -0.05) is 6.07 Å². The predicted molar refractivity (Wildman–Crippen MR) is 47.2 cm³/mol. The number of hydrogen-bond donors (Lipinski definition) is 3. The number of carbonyl (C=O) groups is 1. The highest BCUT2D eigenvalue weighted by Gasteiger charge is 2.01. The molecule has 0 aliphatic carbocycles. The monoisotopic (exact) mass is 166 g/mol. The summed E-state index contributed by atoms with van der Waals surface area (Å²) in [5, 5.41) is 10.6. The van der Waals surface area contributed by atoms with E-state index in [1.54, 1.807) is 18.2 Å². The van der Waals surface area contributed by atoms with Gasteiger partial charge < -0.3 is 10.8 Å². The number of hydrogen-bond acceptors (Lipinski definition) is 2. The third kappa shape index (κ3) is 1.88. The molecule has 0 heterocycles. The van der Waals surface area contributed by atoms with Crippen molar-refractivity contribution in [3.05, 3.63) is 23.8 Å². The van der Waals surface area contributed by atoms with E-state index in [4.69, 9.17) is 10.8 Å². The molecule has 1 amide bonds. The summed E-state index contributed by atoms with van der Waals surface area (Å²) in [4.78, 5) is 10.2. The maximum absolute atomic E-state index is 10.2. The minimum Gasteiger partial charge on any atom is -0.465 e. The van der Waals surface area contributed by atoms with Gasteiger partial charge in [0.25, 0.3) is 0 Å². The maximum Gasteiger partial charge on any atom is 0.409 e. The van der Waals surface area contributed by atoms with Crippen molar-refractivity contribution in [2.24, 2.45) is 0 Å². The first-order chi connectivity index (χ1) is 5.59. The highest BCUT2D eigenvalue weighted by atomic mass is 16.4. The van der Waals surface area contributed by atoms with Crippen molar-refractivity contribution in [2.45, 2.75) is 6.92 Å². The average molecular weight is 166 g/mol. The quantitative estimate of drug-likeness (QED) is 0.555. The summed E-state index contributed by atoms with van der Waals surface area (Å²) in [5.74, 6) is 0. The Labute approximate surface area is 70.0 Å². The number of nitrogen functional groups attached to an aromatic ring is 1. The Bertz CT molecular complexity index is 310. The summed E-state index contributed by atoms with van der Waals surface area (Å²) >= 11 is 0. The van der Waals surface area contributed by atoms with Gasteiger partial charge in [-0.15, -0.1) is 0 Å². The summed E-state index contributed by atoms with van der Waals surface area (Å²) in [5.41, 5.74) is 7.41. The van der Waals surface area contributed by atoms with E-state index in [-0.39, 0.29) is 0 Å². The van der Waals surface area contributed by atoms with E-state index < -0.39 is 6.09 Å². The molecule has 1 aromatic carbocycles. The molecular formula is C8H10N2O2. The summed E-state index contributed by atoms with van der Waals surface area (Å²) in [6, 6.07) is 5.14. The molecule has 12 heavy (non-hydrogen) atoms. The van der Waals surface area contributed by atoms with E-state index in [9.17, 15) is 4.79 Å². The van der Waals surface area contributed by atoms with Gasteiger partial charge in [0.05, 0.1) is 11.4 Å². The van der Waals surface area contributed by atoms with Gasteiger partial charge in [0, 0.05) is 0 Å². The van der Waals surface area contributed by atoms with Crippen LogP contribution in [0.5, 0.6) is 0 Å². The highest BCUT2D eigenvalue weighted by Crippen LogP contribution is 2.18. The van der Waals surface area contributed by atoms with E-state index in [0.717, 1.165) is 5.56 Å². The molecule has 0 atom stereocenters. The fraction of sp³-hybridized carbons (Fsp3) is 0.125. The number of carboxylic acid groups (broad SMARTS) is 1. The van der Waals surface area contributed by atoms with E-state index in [2.05, 4.69) is 5.32 Å². The molecule has 4 N–H and O–H groups in total. The summed E-state index contributed by atoms with van der Waals surface area (Å²) in [6.07, 6.45) is -1.11. The lowest BCUT2D eigenvalue weighted by Crippen LogP contribution is -2.09. The molecule has 1 aromatic rings. The van der Waals surface area contributed by atoms with E-state index in [0.29, 0.717) is 11.4 Å². The third-order valence-corrected chi connectivity index (χ3v) is 1.45. The second-order valence-corrected chi connectivity index (χ2v) is 2.52. The van der Waals surface area contributed by atoms with Gasteiger partial charge in [-0.05, 0) is 24.6 Å². The molecule has 0 radical (unpaired) electrons. The number of aryl methyl sites for hydroxylation is 1. The zero-order valence-corrected chi connectivity index (χ0v) is 6.66. The van der Waals surface area contributed by atoms with Crippen LogP contribution >= 0.6 is 0 Å². The van der Waals surface area contributed by atoms with Crippen molar-refractivity contribution in [1.82, 2.24) is 0 Å². The molecule has 4 heteroatoms. The number of nitrogens with two attached hydrogens (primary N) is 1. The lowest BCUT2D eigenvalue weighted by molar-refractivity contribution is 0.210. The molecule has 4 nitrogen and oxygen atoms in total. The van der Waals surface area contributed by atoms with Gasteiger partial charge in [-0.25, -0.2) is 4.79 Å². The number of benzene rings is 1. The molecule has 0 saturated carbocycles. The van der Waals surface area contributed by atoms with Crippen LogP contribution in [0.15, 0.2) is 18.2 Å². The van der Waals surface area contributed by atoms with Crippen LogP contribution in [0.1, 0.15) is 5.56 Å². The molecular weight excluding hydrogens is 156 g/mol. The first-order valence-corrected chi connectivity index (χ1v) is 3.45. The molecule has 0 bridgehead atoms. The van der Waals surface area contributed by atoms with Gasteiger partial charge in [0.2, 0.25) is 0 Å². The zero-order valence-electron chi connectivity index (χ0n) is 6.66. The number of nitrogens with one attached hydrogen (secondary N) is 1. The van der Waals surface area contributed by atoms with Crippen LogP contribution < -0.4 is 11.1 Å². The van der Waals surface area contributed by atoms with Crippen LogP contribution in [0.4, 0.5) is 16.2 Å². The Morgan fingerprint density at radius 1 is 1.58 bits per heavy atom. The lowest BCUT2D eigenvalue weighted by Gasteiger charge is -2.04. The molecule has 64 valence electrons. The second kappa shape index (κ2) is 3.13. The summed E-state index contributed by atoms with van der Waals surface area (Å²) in [7, 11) is 0. The normalized spacial score (nSPS) is 9.42. The Kier molecular flexibility index (Phi) is 2.19. The van der Waals surface area contributed by atoms with Crippen LogP contribution in [0.25, 0.3) is 0 Å². The lowest BCUT2D eigenvalue weighted by atomic mass is 10.2. The Hall–Kier alpha value is -1.71.